The van der Waals surface area contributed by atoms with E-state index in [1.165, 1.54) is 0 Å². The number of sulfone groups is 1. The van der Waals surface area contributed by atoms with Crippen molar-refractivity contribution in [2.75, 3.05) is 25.4 Å². The Morgan fingerprint density at radius 1 is 1.28 bits per heavy atom. The molecule has 0 bridgehead atoms. The van der Waals surface area contributed by atoms with Gasteiger partial charge in [-0.15, -0.1) is 0 Å². The Kier molecular flexibility index (Phi) is 4.32. The minimum absolute atomic E-state index is 0.0355. The first-order valence-electron chi connectivity index (χ1n) is 9.01. The third-order valence-electron chi connectivity index (χ3n) is 6.08. The van der Waals surface area contributed by atoms with Gasteiger partial charge in [0.25, 0.3) is 0 Å². The molecule has 1 atom stereocenters. The summed E-state index contributed by atoms with van der Waals surface area (Å²) >= 11 is 0. The normalized spacial score (nSPS) is 27.0. The quantitative estimate of drug-likeness (QED) is 0.790. The highest BCUT2D eigenvalue weighted by molar-refractivity contribution is 7.93. The van der Waals surface area contributed by atoms with Gasteiger partial charge in [-0.1, -0.05) is 12.5 Å². The summed E-state index contributed by atoms with van der Waals surface area (Å²) < 4.78 is 30.2. The van der Waals surface area contributed by atoms with E-state index < -0.39 is 14.6 Å². The molecule has 0 unspecified atom stereocenters. The van der Waals surface area contributed by atoms with Crippen molar-refractivity contribution in [3.05, 3.63) is 30.1 Å². The largest absolute Gasteiger partial charge is 0.375 e. The molecular formula is C18H24N2O4S. The van der Waals surface area contributed by atoms with Crippen molar-refractivity contribution in [3.8, 4) is 0 Å². The number of likely N-dealkylation sites (tertiary alicyclic amines) is 1. The Balaban J connectivity index is 1.38. The van der Waals surface area contributed by atoms with E-state index in [1.54, 1.807) is 11.1 Å². The van der Waals surface area contributed by atoms with E-state index in [0.717, 1.165) is 25.0 Å². The second kappa shape index (κ2) is 6.36. The molecule has 3 aliphatic rings. The van der Waals surface area contributed by atoms with Gasteiger partial charge in [0.15, 0.2) is 9.84 Å². The van der Waals surface area contributed by atoms with Crippen LogP contribution in [0.2, 0.25) is 0 Å². The fourth-order valence-electron chi connectivity index (χ4n) is 4.17. The molecule has 2 saturated heterocycles. The molecule has 6 nitrogen and oxygen atoms in total. The molecule has 25 heavy (non-hydrogen) atoms. The van der Waals surface area contributed by atoms with E-state index in [-0.39, 0.29) is 23.5 Å². The summed E-state index contributed by atoms with van der Waals surface area (Å²) in [6.45, 7) is 1.49. The average Bonchev–Trinajstić information content (AvgIpc) is 2.76. The zero-order valence-electron chi connectivity index (χ0n) is 14.3. The van der Waals surface area contributed by atoms with Gasteiger partial charge in [-0.3, -0.25) is 9.78 Å². The first-order chi connectivity index (χ1) is 12.0. The molecule has 3 heterocycles. The number of nitrogens with zero attached hydrogens (tertiary/aromatic N) is 2. The van der Waals surface area contributed by atoms with E-state index in [9.17, 15) is 13.2 Å². The van der Waals surface area contributed by atoms with E-state index >= 15 is 0 Å². The van der Waals surface area contributed by atoms with Crippen molar-refractivity contribution >= 4 is 15.7 Å². The first kappa shape index (κ1) is 17.0. The molecule has 1 amide bonds. The van der Waals surface area contributed by atoms with E-state index in [0.29, 0.717) is 32.7 Å². The summed E-state index contributed by atoms with van der Waals surface area (Å²) in [5, 5.41) is 0. The van der Waals surface area contributed by atoms with Crippen LogP contribution in [0.3, 0.4) is 0 Å². The van der Waals surface area contributed by atoms with Crippen molar-refractivity contribution in [2.24, 2.45) is 11.8 Å². The highest BCUT2D eigenvalue weighted by Gasteiger charge is 2.62. The number of ether oxygens (including phenoxy) is 1. The topological polar surface area (TPSA) is 76.6 Å². The number of amides is 1. The number of hydrogen-bond donors (Lipinski definition) is 0. The Labute approximate surface area is 148 Å². The lowest BCUT2D eigenvalue weighted by molar-refractivity contribution is -0.145. The summed E-state index contributed by atoms with van der Waals surface area (Å²) in [5.74, 6) is 0.440. The lowest BCUT2D eigenvalue weighted by atomic mass is 9.79. The molecule has 1 spiro atoms. The van der Waals surface area contributed by atoms with Crippen LogP contribution in [0.1, 0.15) is 31.4 Å². The smallest absolute Gasteiger partial charge is 0.225 e. The molecule has 0 N–H and O–H groups in total. The van der Waals surface area contributed by atoms with Gasteiger partial charge in [0.1, 0.15) is 4.75 Å². The fourth-order valence-corrected chi connectivity index (χ4v) is 6.57. The summed E-state index contributed by atoms with van der Waals surface area (Å²) in [5.41, 5.74) is 0.841. The Hall–Kier alpha value is -1.47. The summed E-state index contributed by atoms with van der Waals surface area (Å²) in [6, 6.07) is 5.65. The molecule has 4 rings (SSSR count). The zero-order chi connectivity index (χ0) is 17.5. The molecule has 1 aromatic heterocycles. The Morgan fingerprint density at radius 3 is 2.72 bits per heavy atom. The van der Waals surface area contributed by atoms with Crippen LogP contribution in [0, 0.1) is 11.8 Å². The summed E-state index contributed by atoms with van der Waals surface area (Å²) in [4.78, 5) is 18.3. The van der Waals surface area contributed by atoms with Crippen molar-refractivity contribution < 1.29 is 17.9 Å². The van der Waals surface area contributed by atoms with Gasteiger partial charge in [-0.25, -0.2) is 8.42 Å². The lowest BCUT2D eigenvalue weighted by Gasteiger charge is -2.51. The monoisotopic (exact) mass is 364 g/mol. The van der Waals surface area contributed by atoms with Crippen LogP contribution < -0.4 is 0 Å². The maximum absolute atomic E-state index is 12.6. The maximum Gasteiger partial charge on any atom is 0.225 e. The molecule has 0 aromatic carbocycles. The van der Waals surface area contributed by atoms with Gasteiger partial charge in [0.2, 0.25) is 5.91 Å². The van der Waals surface area contributed by atoms with Crippen LogP contribution in [-0.4, -0.2) is 54.4 Å². The predicted molar refractivity (Wildman–Crippen MR) is 92.4 cm³/mol. The van der Waals surface area contributed by atoms with E-state index in [2.05, 4.69) is 4.98 Å². The third-order valence-corrected chi connectivity index (χ3v) is 8.68. The highest BCUT2D eigenvalue weighted by Crippen LogP contribution is 2.46. The number of carbonyl (C=O) groups excluding carboxylic acids is 1. The van der Waals surface area contributed by atoms with Gasteiger partial charge >= 0.3 is 0 Å². The van der Waals surface area contributed by atoms with Gasteiger partial charge in [-0.05, 0) is 31.4 Å². The van der Waals surface area contributed by atoms with Gasteiger partial charge in [0, 0.05) is 31.1 Å². The van der Waals surface area contributed by atoms with Crippen LogP contribution in [0.4, 0.5) is 0 Å². The summed E-state index contributed by atoms with van der Waals surface area (Å²) in [7, 11) is -3.16. The minimum Gasteiger partial charge on any atom is -0.375 e. The number of rotatable bonds is 5. The van der Waals surface area contributed by atoms with Crippen LogP contribution in [0.5, 0.6) is 0 Å². The highest BCUT2D eigenvalue weighted by atomic mass is 32.2. The molecule has 2 aliphatic heterocycles. The zero-order valence-corrected chi connectivity index (χ0v) is 15.1. The SMILES string of the molecule is O=C(C1CCC1)N1CC2(C1)[C@H](COCc1ccccn1)CCS2(=O)=O. The lowest BCUT2D eigenvalue weighted by Crippen LogP contribution is -2.69. The van der Waals surface area contributed by atoms with Crippen LogP contribution in [0.15, 0.2) is 24.4 Å². The first-order valence-corrected chi connectivity index (χ1v) is 10.7. The van der Waals surface area contributed by atoms with Crippen molar-refractivity contribution in [1.29, 1.82) is 0 Å². The van der Waals surface area contributed by atoms with Gasteiger partial charge < -0.3 is 9.64 Å². The van der Waals surface area contributed by atoms with E-state index in [4.69, 9.17) is 4.74 Å². The molecule has 136 valence electrons. The summed E-state index contributed by atoms with van der Waals surface area (Å²) in [6.07, 6.45) is 5.35. The molecule has 1 saturated carbocycles. The van der Waals surface area contributed by atoms with Crippen molar-refractivity contribution in [3.63, 3.8) is 0 Å². The predicted octanol–water partition coefficient (Wildman–Crippen LogP) is 1.41. The fraction of sp³-hybridized carbons (Fsp3) is 0.667. The van der Waals surface area contributed by atoms with Crippen molar-refractivity contribution in [1.82, 2.24) is 9.88 Å². The third kappa shape index (κ3) is 2.87. The van der Waals surface area contributed by atoms with Crippen LogP contribution in [-0.2, 0) is 26.0 Å². The maximum atomic E-state index is 12.6. The minimum atomic E-state index is -3.16. The molecule has 1 aromatic rings. The molecule has 7 heteroatoms. The van der Waals surface area contributed by atoms with Crippen LogP contribution >= 0.6 is 0 Å². The second-order valence-electron chi connectivity index (χ2n) is 7.53. The van der Waals surface area contributed by atoms with Gasteiger partial charge in [-0.2, -0.15) is 0 Å². The van der Waals surface area contributed by atoms with Gasteiger partial charge in [0.05, 0.1) is 24.7 Å². The van der Waals surface area contributed by atoms with Crippen LogP contribution in [0.25, 0.3) is 0 Å². The molecule has 3 fully saturated rings. The molecular weight excluding hydrogens is 340 g/mol. The Bertz CT molecular complexity index is 740. The number of carbonyl (C=O) groups is 1. The standard InChI is InChI=1S/C18H24N2O4S/c21-17(14-4-3-5-14)20-12-18(13-20)15(7-9-25(18,22)23)10-24-11-16-6-1-2-8-19-16/h1-2,6,8,14-15H,3-5,7,9-13H2/t15-/m0/s1. The van der Waals surface area contributed by atoms with E-state index in [1.807, 2.05) is 18.2 Å². The molecule has 1 aliphatic carbocycles. The Morgan fingerprint density at radius 2 is 2.08 bits per heavy atom. The number of pyridine rings is 1. The number of hydrogen-bond acceptors (Lipinski definition) is 5. The average molecular weight is 364 g/mol. The second-order valence-corrected chi connectivity index (χ2v) is 9.98. The molecule has 0 radical (unpaired) electrons. The number of aromatic nitrogens is 1. The van der Waals surface area contributed by atoms with Crippen molar-refractivity contribution in [2.45, 2.75) is 37.0 Å².